The van der Waals surface area contributed by atoms with Crippen LogP contribution in [0.2, 0.25) is 0 Å². The van der Waals surface area contributed by atoms with Gasteiger partial charge in [0.05, 0.1) is 27.9 Å². The van der Waals surface area contributed by atoms with Crippen molar-refractivity contribution < 1.29 is 4.74 Å². The van der Waals surface area contributed by atoms with Crippen LogP contribution < -0.4 is 20.9 Å². The van der Waals surface area contributed by atoms with Crippen molar-refractivity contribution in [1.29, 1.82) is 0 Å². The monoisotopic (exact) mass is 471 g/mol. The molecule has 0 atom stereocenters. The number of aromatic nitrogens is 3. The minimum atomic E-state index is -0.138. The number of thiazole rings is 1. The van der Waals surface area contributed by atoms with E-state index in [2.05, 4.69) is 41.3 Å². The number of hydrogen-bond donors (Lipinski definition) is 1. The summed E-state index contributed by atoms with van der Waals surface area (Å²) in [6.07, 6.45) is 1.89. The Bertz CT molecular complexity index is 1560. The minimum absolute atomic E-state index is 0.138. The van der Waals surface area contributed by atoms with Crippen molar-refractivity contribution in [3.8, 4) is 10.9 Å². The smallest absolute Gasteiger partial charge is 0.281 e. The van der Waals surface area contributed by atoms with Gasteiger partial charge in [-0.15, -0.1) is 0 Å². The molecule has 0 aliphatic carbocycles. The maximum atomic E-state index is 13.5. The Morgan fingerprint density at radius 1 is 1.03 bits per heavy atom. The molecule has 5 nitrogen and oxygen atoms in total. The van der Waals surface area contributed by atoms with Crippen LogP contribution in [0.4, 0.5) is 0 Å². The summed E-state index contributed by atoms with van der Waals surface area (Å²) in [5.41, 5.74) is 2.86. The number of aryl methyl sites for hydroxylation is 1. The summed E-state index contributed by atoms with van der Waals surface area (Å²) < 4.78 is 7.82. The second kappa shape index (κ2) is 9.13. The van der Waals surface area contributed by atoms with Gasteiger partial charge >= 0.3 is 0 Å². The standard InChI is InChI=1S/C26H21N3O2S2/c1-17-7-13-20(14-8-17)32-16-23-21(15-18-9-11-19(31-2)12-10-18)25(30)29(28-23)26-27-22-5-3-4-6-24(22)33-26/h3-16,28H,1-2H3/b21-15-,23-16-. The second-order valence-corrected chi connectivity index (χ2v) is 9.46. The van der Waals surface area contributed by atoms with Gasteiger partial charge in [-0.3, -0.25) is 9.89 Å². The Kier molecular flexibility index (Phi) is 5.90. The van der Waals surface area contributed by atoms with E-state index in [1.54, 1.807) is 18.9 Å². The average molecular weight is 472 g/mol. The molecule has 0 aliphatic rings. The van der Waals surface area contributed by atoms with Crippen LogP contribution in [0.15, 0.2) is 82.5 Å². The van der Waals surface area contributed by atoms with Crippen molar-refractivity contribution in [3.05, 3.63) is 105 Å². The number of fused-ring (bicyclic) bond motifs is 1. The zero-order valence-electron chi connectivity index (χ0n) is 18.1. The van der Waals surface area contributed by atoms with E-state index < -0.39 is 0 Å². The van der Waals surface area contributed by atoms with Gasteiger partial charge < -0.3 is 4.74 Å². The summed E-state index contributed by atoms with van der Waals surface area (Å²) in [6.45, 7) is 2.07. The number of nitrogens with one attached hydrogen (secondary N) is 1. The fourth-order valence-electron chi connectivity index (χ4n) is 3.40. The number of aromatic amines is 1. The lowest BCUT2D eigenvalue weighted by molar-refractivity contribution is 0.415. The lowest BCUT2D eigenvalue weighted by Crippen LogP contribution is -2.34. The van der Waals surface area contributed by atoms with Crippen molar-refractivity contribution in [2.24, 2.45) is 0 Å². The van der Waals surface area contributed by atoms with E-state index in [-0.39, 0.29) is 5.56 Å². The van der Waals surface area contributed by atoms with Gasteiger partial charge in [-0.05, 0) is 55.0 Å². The first-order valence-electron chi connectivity index (χ1n) is 10.4. The van der Waals surface area contributed by atoms with Crippen LogP contribution in [0.3, 0.4) is 0 Å². The highest BCUT2D eigenvalue weighted by molar-refractivity contribution is 8.06. The molecule has 3 aromatic carbocycles. The molecule has 0 aliphatic heterocycles. The van der Waals surface area contributed by atoms with Gasteiger partial charge in [-0.1, -0.05) is 65.1 Å². The topological polar surface area (TPSA) is 59.9 Å². The first-order valence-corrected chi connectivity index (χ1v) is 12.1. The van der Waals surface area contributed by atoms with E-state index in [0.717, 1.165) is 31.8 Å². The molecular weight excluding hydrogens is 450 g/mol. The van der Waals surface area contributed by atoms with Gasteiger partial charge in [0, 0.05) is 10.3 Å². The molecule has 0 amide bonds. The van der Waals surface area contributed by atoms with Crippen LogP contribution in [0.5, 0.6) is 5.75 Å². The zero-order chi connectivity index (χ0) is 22.8. The van der Waals surface area contributed by atoms with E-state index in [0.29, 0.717) is 10.4 Å². The third-order valence-electron chi connectivity index (χ3n) is 5.19. The molecule has 5 aromatic rings. The van der Waals surface area contributed by atoms with Gasteiger partial charge in [0.25, 0.3) is 5.56 Å². The largest absolute Gasteiger partial charge is 0.497 e. The molecule has 0 saturated heterocycles. The predicted molar refractivity (Wildman–Crippen MR) is 137 cm³/mol. The highest BCUT2D eigenvalue weighted by Gasteiger charge is 2.11. The molecule has 164 valence electrons. The van der Waals surface area contributed by atoms with Crippen LogP contribution in [0.1, 0.15) is 11.1 Å². The van der Waals surface area contributed by atoms with Crippen LogP contribution in [-0.4, -0.2) is 21.9 Å². The number of ether oxygens (including phenoxy) is 1. The third kappa shape index (κ3) is 4.51. The number of H-pyrrole nitrogens is 1. The van der Waals surface area contributed by atoms with Crippen LogP contribution in [0.25, 0.3) is 26.8 Å². The predicted octanol–water partition coefficient (Wildman–Crippen LogP) is 4.45. The number of methoxy groups -OCH3 is 1. The van der Waals surface area contributed by atoms with Crippen LogP contribution in [-0.2, 0) is 0 Å². The molecule has 5 rings (SSSR count). The molecule has 0 fully saturated rings. The molecule has 33 heavy (non-hydrogen) atoms. The normalized spacial score (nSPS) is 12.5. The number of rotatable bonds is 5. The summed E-state index contributed by atoms with van der Waals surface area (Å²) in [5.74, 6) is 0.773. The maximum Gasteiger partial charge on any atom is 0.281 e. The second-order valence-electron chi connectivity index (χ2n) is 7.51. The molecule has 1 N–H and O–H groups in total. The molecular formula is C26H21N3O2S2. The first kappa shape index (κ1) is 21.3. The molecule has 0 bridgehead atoms. The fourth-order valence-corrected chi connectivity index (χ4v) is 5.05. The minimum Gasteiger partial charge on any atom is -0.497 e. The highest BCUT2D eigenvalue weighted by Crippen LogP contribution is 2.23. The SMILES string of the molecule is COc1ccc(/C=c2\c(=O)n(-c3nc4ccccc4s3)[nH]\c2=C/Sc2ccc(C)cc2)cc1. The number of benzene rings is 3. The van der Waals surface area contributed by atoms with Crippen LogP contribution >= 0.6 is 23.1 Å². The summed E-state index contributed by atoms with van der Waals surface area (Å²) in [5, 5.41) is 7.18. The molecule has 0 radical (unpaired) electrons. The molecule has 7 heteroatoms. The first-order chi connectivity index (χ1) is 16.1. The maximum absolute atomic E-state index is 13.5. The van der Waals surface area contributed by atoms with Crippen molar-refractivity contribution in [1.82, 2.24) is 14.8 Å². The molecule has 0 spiro atoms. The van der Waals surface area contributed by atoms with Gasteiger partial charge in [0.2, 0.25) is 5.13 Å². The summed E-state index contributed by atoms with van der Waals surface area (Å²) in [6, 6.07) is 23.8. The van der Waals surface area contributed by atoms with Crippen molar-refractivity contribution in [2.45, 2.75) is 11.8 Å². The average Bonchev–Trinajstić information content (AvgIpc) is 3.40. The summed E-state index contributed by atoms with van der Waals surface area (Å²) in [4.78, 5) is 19.2. The van der Waals surface area contributed by atoms with E-state index >= 15 is 0 Å². The zero-order valence-corrected chi connectivity index (χ0v) is 19.7. The van der Waals surface area contributed by atoms with E-state index in [1.165, 1.54) is 21.6 Å². The van der Waals surface area contributed by atoms with Gasteiger partial charge in [-0.25, -0.2) is 4.98 Å². The summed E-state index contributed by atoms with van der Waals surface area (Å²) >= 11 is 3.05. The van der Waals surface area contributed by atoms with E-state index in [9.17, 15) is 4.79 Å². The molecule has 2 heterocycles. The van der Waals surface area contributed by atoms with Crippen molar-refractivity contribution in [3.63, 3.8) is 0 Å². The van der Waals surface area contributed by atoms with E-state index in [1.807, 2.05) is 60.0 Å². The number of thioether (sulfide) groups is 1. The lowest BCUT2D eigenvalue weighted by Gasteiger charge is -1.98. The summed E-state index contributed by atoms with van der Waals surface area (Å²) in [7, 11) is 1.64. The Morgan fingerprint density at radius 2 is 1.79 bits per heavy atom. The molecule has 0 saturated carbocycles. The fraction of sp³-hybridized carbons (Fsp3) is 0.0769. The number of hydrogen-bond acceptors (Lipinski definition) is 5. The number of nitrogens with zero attached hydrogens (tertiary/aromatic N) is 2. The molecule has 0 unspecified atom stereocenters. The Balaban J connectivity index is 1.65. The molecule has 2 aromatic heterocycles. The van der Waals surface area contributed by atoms with Crippen molar-refractivity contribution >= 4 is 44.8 Å². The van der Waals surface area contributed by atoms with Gasteiger partial charge in [0.15, 0.2) is 0 Å². The number of para-hydroxylation sites is 1. The van der Waals surface area contributed by atoms with Gasteiger partial charge in [-0.2, -0.15) is 4.68 Å². The van der Waals surface area contributed by atoms with Gasteiger partial charge in [0.1, 0.15) is 5.75 Å². The lowest BCUT2D eigenvalue weighted by atomic mass is 10.2. The van der Waals surface area contributed by atoms with E-state index in [4.69, 9.17) is 4.74 Å². The Labute approximate surface area is 198 Å². The quantitative estimate of drug-likeness (QED) is 0.385. The highest BCUT2D eigenvalue weighted by atomic mass is 32.2. The van der Waals surface area contributed by atoms with Crippen LogP contribution in [0, 0.1) is 6.92 Å². The Hall–Kier alpha value is -3.55. The van der Waals surface area contributed by atoms with Crippen molar-refractivity contribution in [2.75, 3.05) is 7.11 Å². The third-order valence-corrected chi connectivity index (χ3v) is 7.11. The Morgan fingerprint density at radius 3 is 2.52 bits per heavy atom.